The van der Waals surface area contributed by atoms with Gasteiger partial charge in [0.25, 0.3) is 0 Å². The Morgan fingerprint density at radius 3 is 2.93 bits per heavy atom. The van der Waals surface area contributed by atoms with Gasteiger partial charge in [0.2, 0.25) is 5.95 Å². The maximum absolute atomic E-state index is 4.56. The Labute approximate surface area is 89.1 Å². The van der Waals surface area contributed by atoms with E-state index in [2.05, 4.69) is 40.1 Å². The van der Waals surface area contributed by atoms with Crippen LogP contribution in [-0.2, 0) is 7.05 Å². The number of hydrogen-bond acceptors (Lipinski definition) is 2. The second-order valence-corrected chi connectivity index (χ2v) is 4.31. The van der Waals surface area contributed by atoms with E-state index in [0.29, 0.717) is 0 Å². The molecule has 15 heavy (non-hydrogen) atoms. The van der Waals surface area contributed by atoms with Gasteiger partial charge in [-0.05, 0) is 30.9 Å². The van der Waals surface area contributed by atoms with E-state index in [1.165, 1.54) is 18.4 Å². The quantitative estimate of drug-likeness (QED) is 0.826. The molecule has 1 saturated carbocycles. The van der Waals surface area contributed by atoms with Crippen molar-refractivity contribution in [3.8, 4) is 0 Å². The van der Waals surface area contributed by atoms with Crippen molar-refractivity contribution < 1.29 is 0 Å². The number of hydrogen-bond donors (Lipinski definition) is 1. The third kappa shape index (κ3) is 1.58. The van der Waals surface area contributed by atoms with Crippen molar-refractivity contribution in [1.29, 1.82) is 0 Å². The molecule has 3 heteroatoms. The first kappa shape index (κ1) is 8.77. The summed E-state index contributed by atoms with van der Waals surface area (Å²) in [6.07, 6.45) is 2.74. The molecule has 0 unspecified atom stereocenters. The highest BCUT2D eigenvalue weighted by Gasteiger charge is 2.21. The lowest BCUT2D eigenvalue weighted by Gasteiger charge is -2.04. The van der Waals surface area contributed by atoms with Crippen molar-refractivity contribution in [3.63, 3.8) is 0 Å². The Morgan fingerprint density at radius 2 is 2.20 bits per heavy atom. The number of nitrogens with zero attached hydrogens (tertiary/aromatic N) is 2. The number of rotatable bonds is 3. The van der Waals surface area contributed by atoms with E-state index in [-0.39, 0.29) is 0 Å². The molecule has 0 atom stereocenters. The number of aromatic nitrogens is 2. The van der Waals surface area contributed by atoms with Crippen LogP contribution in [0.2, 0.25) is 0 Å². The van der Waals surface area contributed by atoms with Crippen molar-refractivity contribution in [1.82, 2.24) is 9.55 Å². The maximum Gasteiger partial charge on any atom is 0.203 e. The van der Waals surface area contributed by atoms with Gasteiger partial charge in [0.05, 0.1) is 11.0 Å². The number of benzene rings is 1. The number of nitrogens with one attached hydrogen (secondary N) is 1. The molecule has 3 nitrogen and oxygen atoms in total. The number of para-hydroxylation sites is 2. The first-order valence-corrected chi connectivity index (χ1v) is 5.50. The molecule has 1 heterocycles. The van der Waals surface area contributed by atoms with Crippen LogP contribution < -0.4 is 5.32 Å². The molecule has 1 fully saturated rings. The first-order chi connectivity index (χ1) is 7.34. The van der Waals surface area contributed by atoms with Crippen LogP contribution in [0.4, 0.5) is 5.95 Å². The average molecular weight is 201 g/mol. The molecule has 1 aliphatic rings. The molecule has 0 saturated heterocycles. The standard InChI is InChI=1S/C12H15N3/c1-15-11-5-3-2-4-10(11)14-12(15)13-8-9-6-7-9/h2-5,9H,6-8H2,1H3,(H,13,14). The van der Waals surface area contributed by atoms with Gasteiger partial charge in [0, 0.05) is 13.6 Å². The van der Waals surface area contributed by atoms with Crippen molar-refractivity contribution in [3.05, 3.63) is 24.3 Å². The number of anilines is 1. The summed E-state index contributed by atoms with van der Waals surface area (Å²) < 4.78 is 2.12. The van der Waals surface area contributed by atoms with E-state index in [9.17, 15) is 0 Å². The minimum Gasteiger partial charge on any atom is -0.355 e. The fourth-order valence-electron chi connectivity index (χ4n) is 1.86. The summed E-state index contributed by atoms with van der Waals surface area (Å²) in [4.78, 5) is 4.56. The summed E-state index contributed by atoms with van der Waals surface area (Å²) >= 11 is 0. The highest BCUT2D eigenvalue weighted by molar-refractivity contribution is 5.78. The summed E-state index contributed by atoms with van der Waals surface area (Å²) in [5.74, 6) is 1.87. The Hall–Kier alpha value is -1.51. The maximum atomic E-state index is 4.56. The molecule has 1 aromatic heterocycles. The third-order valence-corrected chi connectivity index (χ3v) is 3.03. The lowest BCUT2D eigenvalue weighted by Crippen LogP contribution is -2.07. The molecule has 3 rings (SSSR count). The van der Waals surface area contributed by atoms with Gasteiger partial charge < -0.3 is 9.88 Å². The van der Waals surface area contributed by atoms with Crippen LogP contribution in [0, 0.1) is 5.92 Å². The van der Waals surface area contributed by atoms with E-state index < -0.39 is 0 Å². The summed E-state index contributed by atoms with van der Waals surface area (Å²) in [6.45, 7) is 1.07. The van der Waals surface area contributed by atoms with Gasteiger partial charge in [-0.15, -0.1) is 0 Å². The topological polar surface area (TPSA) is 29.9 Å². The van der Waals surface area contributed by atoms with Gasteiger partial charge in [-0.25, -0.2) is 4.98 Å². The molecular formula is C12H15N3. The fourth-order valence-corrected chi connectivity index (χ4v) is 1.86. The van der Waals surface area contributed by atoms with E-state index in [1.807, 2.05) is 6.07 Å². The normalized spacial score (nSPS) is 15.8. The zero-order chi connectivity index (χ0) is 10.3. The highest BCUT2D eigenvalue weighted by atomic mass is 15.2. The summed E-state index contributed by atoms with van der Waals surface area (Å²) in [5, 5.41) is 3.42. The van der Waals surface area contributed by atoms with Gasteiger partial charge in [0.1, 0.15) is 0 Å². The van der Waals surface area contributed by atoms with E-state index >= 15 is 0 Å². The number of aryl methyl sites for hydroxylation is 1. The van der Waals surface area contributed by atoms with Crippen LogP contribution >= 0.6 is 0 Å². The monoisotopic (exact) mass is 201 g/mol. The van der Waals surface area contributed by atoms with Crippen LogP contribution in [-0.4, -0.2) is 16.1 Å². The zero-order valence-electron chi connectivity index (χ0n) is 8.90. The molecule has 2 aromatic rings. The highest BCUT2D eigenvalue weighted by Crippen LogP contribution is 2.29. The third-order valence-electron chi connectivity index (χ3n) is 3.03. The Bertz CT molecular complexity index is 483. The second kappa shape index (κ2) is 3.26. The number of imidazole rings is 1. The molecule has 1 aliphatic carbocycles. The van der Waals surface area contributed by atoms with Gasteiger partial charge in [-0.1, -0.05) is 12.1 Å². The zero-order valence-corrected chi connectivity index (χ0v) is 8.90. The average Bonchev–Trinajstić information content (AvgIpc) is 3.03. The molecule has 0 amide bonds. The predicted octanol–water partition coefficient (Wildman–Crippen LogP) is 2.40. The SMILES string of the molecule is Cn1c(NCC2CC2)nc2ccccc21. The van der Waals surface area contributed by atoms with Gasteiger partial charge in [-0.3, -0.25) is 0 Å². The van der Waals surface area contributed by atoms with Crippen molar-refractivity contribution >= 4 is 17.0 Å². The van der Waals surface area contributed by atoms with Crippen LogP contribution in [0.5, 0.6) is 0 Å². The number of fused-ring (bicyclic) bond motifs is 1. The van der Waals surface area contributed by atoms with E-state index in [4.69, 9.17) is 0 Å². The van der Waals surface area contributed by atoms with Crippen molar-refractivity contribution in [2.75, 3.05) is 11.9 Å². The Kier molecular flexibility index (Phi) is 1.91. The molecule has 0 aliphatic heterocycles. The Balaban J connectivity index is 1.92. The van der Waals surface area contributed by atoms with E-state index in [0.717, 1.165) is 23.9 Å². The molecule has 78 valence electrons. The van der Waals surface area contributed by atoms with Crippen LogP contribution in [0.15, 0.2) is 24.3 Å². The molecule has 0 spiro atoms. The molecule has 1 aromatic carbocycles. The molecule has 1 N–H and O–H groups in total. The summed E-state index contributed by atoms with van der Waals surface area (Å²) in [7, 11) is 2.06. The smallest absolute Gasteiger partial charge is 0.203 e. The minimum absolute atomic E-state index is 0.879. The summed E-state index contributed by atoms with van der Waals surface area (Å²) in [6, 6.07) is 8.23. The van der Waals surface area contributed by atoms with Gasteiger partial charge in [0.15, 0.2) is 0 Å². The van der Waals surface area contributed by atoms with Crippen LogP contribution in [0.3, 0.4) is 0 Å². The van der Waals surface area contributed by atoms with Crippen LogP contribution in [0.1, 0.15) is 12.8 Å². The van der Waals surface area contributed by atoms with Crippen molar-refractivity contribution in [2.45, 2.75) is 12.8 Å². The Morgan fingerprint density at radius 1 is 1.40 bits per heavy atom. The minimum atomic E-state index is 0.879. The molecular weight excluding hydrogens is 186 g/mol. The van der Waals surface area contributed by atoms with Crippen LogP contribution in [0.25, 0.3) is 11.0 Å². The first-order valence-electron chi connectivity index (χ1n) is 5.50. The lowest BCUT2D eigenvalue weighted by molar-refractivity contribution is 0.850. The molecule has 0 radical (unpaired) electrons. The van der Waals surface area contributed by atoms with Gasteiger partial charge >= 0.3 is 0 Å². The largest absolute Gasteiger partial charge is 0.355 e. The summed E-state index contributed by atoms with van der Waals surface area (Å²) in [5.41, 5.74) is 2.26. The molecule has 0 bridgehead atoms. The predicted molar refractivity (Wildman–Crippen MR) is 61.9 cm³/mol. The second-order valence-electron chi connectivity index (χ2n) is 4.31. The van der Waals surface area contributed by atoms with Gasteiger partial charge in [-0.2, -0.15) is 0 Å². The lowest BCUT2D eigenvalue weighted by atomic mass is 10.3. The van der Waals surface area contributed by atoms with Crippen molar-refractivity contribution in [2.24, 2.45) is 13.0 Å². The van der Waals surface area contributed by atoms with E-state index in [1.54, 1.807) is 0 Å². The fraction of sp³-hybridized carbons (Fsp3) is 0.417.